The summed E-state index contributed by atoms with van der Waals surface area (Å²) in [5, 5.41) is 9.73. The van der Waals surface area contributed by atoms with Crippen LogP contribution in [0.2, 0.25) is 0 Å². The van der Waals surface area contributed by atoms with Crippen molar-refractivity contribution < 1.29 is 9.72 Å². The van der Waals surface area contributed by atoms with Gasteiger partial charge in [0.25, 0.3) is 5.82 Å². The van der Waals surface area contributed by atoms with Crippen molar-refractivity contribution in [3.63, 3.8) is 0 Å². The molecular formula is C17H24N3O+. The number of aromatic amines is 1. The average Bonchev–Trinajstić information content (AvgIpc) is 2.98. The molecule has 0 atom stereocenters. The minimum absolute atomic E-state index is 0.187. The number of nitrogens with zero attached hydrogens (tertiary/aromatic N) is 2. The Morgan fingerprint density at radius 3 is 2.62 bits per heavy atom. The molecule has 3 rings (SSSR count). The molecule has 0 bridgehead atoms. The largest absolute Gasteiger partial charge is 0.370 e. The fourth-order valence-corrected chi connectivity index (χ4v) is 3.47. The third-order valence-electron chi connectivity index (χ3n) is 4.63. The second-order valence-electron chi connectivity index (χ2n) is 6.67. The molecule has 1 N–H and O–H groups in total. The first-order chi connectivity index (χ1) is 10.1. The quantitative estimate of drug-likeness (QED) is 0.838. The van der Waals surface area contributed by atoms with Crippen molar-refractivity contribution in [2.75, 3.05) is 18.0 Å². The average molecular weight is 286 g/mol. The van der Waals surface area contributed by atoms with E-state index >= 15 is 0 Å². The highest BCUT2D eigenvalue weighted by atomic mass is 16.5. The number of aromatic nitrogens is 1. The van der Waals surface area contributed by atoms with Gasteiger partial charge in [0.2, 0.25) is 0 Å². The summed E-state index contributed by atoms with van der Waals surface area (Å²) in [4.78, 5) is 5.87. The number of rotatable bonds is 2. The van der Waals surface area contributed by atoms with Gasteiger partial charge in [0, 0.05) is 18.4 Å². The summed E-state index contributed by atoms with van der Waals surface area (Å²) >= 11 is 0. The van der Waals surface area contributed by atoms with E-state index in [0.717, 1.165) is 37.3 Å². The van der Waals surface area contributed by atoms with Gasteiger partial charge in [0.15, 0.2) is 0 Å². The van der Waals surface area contributed by atoms with E-state index in [1.165, 1.54) is 29.7 Å². The van der Waals surface area contributed by atoms with Gasteiger partial charge in [-0.3, -0.25) is 4.90 Å². The zero-order valence-corrected chi connectivity index (χ0v) is 13.3. The Hall–Kier alpha value is -1.60. The van der Waals surface area contributed by atoms with Crippen LogP contribution in [-0.4, -0.2) is 18.7 Å². The van der Waals surface area contributed by atoms with E-state index in [-0.39, 0.29) is 5.60 Å². The number of nitriles is 1. The zero-order chi connectivity index (χ0) is 15.0. The highest BCUT2D eigenvalue weighted by Gasteiger charge is 2.35. The molecule has 0 amide bonds. The highest BCUT2D eigenvalue weighted by Crippen LogP contribution is 2.34. The van der Waals surface area contributed by atoms with E-state index in [4.69, 9.17) is 4.74 Å². The number of nitrogens with one attached hydrogen (secondary N) is 1. The van der Waals surface area contributed by atoms with Crippen LogP contribution in [0.3, 0.4) is 0 Å². The first-order valence-corrected chi connectivity index (χ1v) is 7.94. The van der Waals surface area contributed by atoms with E-state index in [0.29, 0.717) is 6.61 Å². The molecule has 4 heteroatoms. The fourth-order valence-electron chi connectivity index (χ4n) is 3.47. The van der Waals surface area contributed by atoms with Crippen LogP contribution < -0.4 is 9.88 Å². The van der Waals surface area contributed by atoms with Gasteiger partial charge in [-0.1, -0.05) is 6.92 Å². The van der Waals surface area contributed by atoms with Gasteiger partial charge in [-0.2, -0.15) is 5.26 Å². The van der Waals surface area contributed by atoms with E-state index in [2.05, 4.69) is 36.7 Å². The number of hydrogen-bond donors (Lipinski definition) is 0. The summed E-state index contributed by atoms with van der Waals surface area (Å²) in [6, 6.07) is 2.46. The van der Waals surface area contributed by atoms with Gasteiger partial charge < -0.3 is 4.74 Å². The van der Waals surface area contributed by atoms with Gasteiger partial charge in [-0.05, 0) is 32.3 Å². The highest BCUT2D eigenvalue weighted by molar-refractivity contribution is 5.58. The van der Waals surface area contributed by atoms with Crippen LogP contribution in [0.5, 0.6) is 0 Å². The smallest absolute Gasteiger partial charge is 0.293 e. The van der Waals surface area contributed by atoms with Crippen molar-refractivity contribution >= 4 is 5.82 Å². The first kappa shape index (κ1) is 14.3. The molecule has 21 heavy (non-hydrogen) atoms. The molecule has 1 fully saturated rings. The predicted octanol–water partition coefficient (Wildman–Crippen LogP) is 2.39. The lowest BCUT2D eigenvalue weighted by atomic mass is 9.87. The number of H-pyrrole nitrogens is 1. The second kappa shape index (κ2) is 5.31. The van der Waals surface area contributed by atoms with Crippen LogP contribution in [0, 0.1) is 11.3 Å². The van der Waals surface area contributed by atoms with Crippen molar-refractivity contribution in [3.8, 4) is 6.07 Å². The van der Waals surface area contributed by atoms with Crippen molar-refractivity contribution in [2.24, 2.45) is 0 Å². The molecule has 112 valence electrons. The van der Waals surface area contributed by atoms with Crippen LogP contribution in [-0.2, 0) is 24.2 Å². The molecule has 0 aromatic carbocycles. The molecule has 0 aliphatic carbocycles. The second-order valence-corrected chi connectivity index (χ2v) is 6.67. The summed E-state index contributed by atoms with van der Waals surface area (Å²) in [5.41, 5.74) is 4.28. The maximum atomic E-state index is 9.73. The molecule has 0 spiro atoms. The molecule has 2 aliphatic rings. The van der Waals surface area contributed by atoms with E-state index in [1.807, 2.05) is 0 Å². The van der Waals surface area contributed by atoms with Gasteiger partial charge in [0.05, 0.1) is 25.3 Å². The van der Waals surface area contributed by atoms with Crippen molar-refractivity contribution in [1.82, 2.24) is 0 Å². The summed E-state index contributed by atoms with van der Waals surface area (Å²) < 4.78 is 5.96. The van der Waals surface area contributed by atoms with Crippen molar-refractivity contribution in [2.45, 2.75) is 58.7 Å². The van der Waals surface area contributed by atoms with Crippen molar-refractivity contribution in [1.29, 1.82) is 5.26 Å². The molecular weight excluding hydrogens is 262 g/mol. The van der Waals surface area contributed by atoms with Gasteiger partial charge in [-0.25, -0.2) is 4.98 Å². The summed E-state index contributed by atoms with van der Waals surface area (Å²) in [6.45, 7) is 9.08. The molecule has 1 aromatic rings. The molecule has 0 unspecified atom stereocenters. The number of ether oxygens (including phenoxy) is 1. The number of hydrogen-bond acceptors (Lipinski definition) is 3. The maximum Gasteiger partial charge on any atom is 0.293 e. The Balaban J connectivity index is 2.16. The summed E-state index contributed by atoms with van der Waals surface area (Å²) in [5.74, 6) is 1.03. The lowest BCUT2D eigenvalue weighted by molar-refractivity contribution is -0.378. The molecule has 4 nitrogen and oxygen atoms in total. The number of fused-ring (bicyclic) bond motifs is 1. The minimum Gasteiger partial charge on any atom is -0.370 e. The van der Waals surface area contributed by atoms with Crippen LogP contribution in [0.15, 0.2) is 0 Å². The third kappa shape index (κ3) is 2.51. The van der Waals surface area contributed by atoms with Crippen LogP contribution in [0.25, 0.3) is 0 Å². The topological polar surface area (TPSA) is 50.4 Å². The summed E-state index contributed by atoms with van der Waals surface area (Å²) in [7, 11) is 0. The van der Waals surface area contributed by atoms with Crippen LogP contribution in [0.1, 0.15) is 56.0 Å². The Bertz CT molecular complexity index is 595. The van der Waals surface area contributed by atoms with Crippen LogP contribution in [0.4, 0.5) is 5.82 Å². The lowest BCUT2D eigenvalue weighted by Crippen LogP contribution is -2.37. The summed E-state index contributed by atoms with van der Waals surface area (Å²) in [6.07, 6.45) is 4.18. The lowest BCUT2D eigenvalue weighted by Gasteiger charge is -2.33. The van der Waals surface area contributed by atoms with E-state index < -0.39 is 0 Å². The minimum atomic E-state index is -0.187. The van der Waals surface area contributed by atoms with Crippen LogP contribution >= 0.6 is 0 Å². The van der Waals surface area contributed by atoms with Crippen molar-refractivity contribution in [3.05, 3.63) is 22.4 Å². The standard InChI is InChI=1S/C17H23N3O/c1-4-15-14-11-21-17(2,3)9-12(14)13(10-18)16(19-15)20-7-5-6-8-20/h4-9,11H2,1-3H3/p+1. The zero-order valence-electron chi connectivity index (χ0n) is 13.3. The van der Waals surface area contributed by atoms with Gasteiger partial charge in [0.1, 0.15) is 17.3 Å². The van der Waals surface area contributed by atoms with Gasteiger partial charge in [-0.15, -0.1) is 0 Å². The monoisotopic (exact) mass is 286 g/mol. The third-order valence-corrected chi connectivity index (χ3v) is 4.63. The number of aryl methyl sites for hydroxylation is 1. The maximum absolute atomic E-state index is 9.73. The molecule has 0 radical (unpaired) electrons. The first-order valence-electron chi connectivity index (χ1n) is 7.94. The number of anilines is 1. The molecule has 3 heterocycles. The number of pyridine rings is 1. The molecule has 2 aliphatic heterocycles. The molecule has 0 saturated carbocycles. The normalized spacial score (nSPS) is 20.2. The molecule has 1 aromatic heterocycles. The predicted molar refractivity (Wildman–Crippen MR) is 81.1 cm³/mol. The SMILES string of the molecule is CCc1[nH+]c(N2CCCC2)c(C#N)c2c1COC(C)(C)C2. The Labute approximate surface area is 126 Å². The molecule has 1 saturated heterocycles. The Morgan fingerprint density at radius 2 is 2.00 bits per heavy atom. The van der Waals surface area contributed by atoms with E-state index in [1.54, 1.807) is 0 Å². The van der Waals surface area contributed by atoms with Gasteiger partial charge >= 0.3 is 0 Å². The van der Waals surface area contributed by atoms with E-state index in [9.17, 15) is 5.26 Å². The Morgan fingerprint density at radius 1 is 1.29 bits per heavy atom. The Kier molecular flexibility index (Phi) is 3.62. The fraction of sp³-hybridized carbons (Fsp3) is 0.647.